The number of primary amides is 1. The van der Waals surface area contributed by atoms with Gasteiger partial charge in [0.25, 0.3) is 22.9 Å². The maximum atomic E-state index is 12.4. The summed E-state index contributed by atoms with van der Waals surface area (Å²) in [7, 11) is 0. The second-order valence-electron chi connectivity index (χ2n) is 6.68. The topological polar surface area (TPSA) is 167 Å². The predicted octanol–water partition coefficient (Wildman–Crippen LogP) is -0.461. The van der Waals surface area contributed by atoms with Gasteiger partial charge in [-0.25, -0.2) is 0 Å². The van der Waals surface area contributed by atoms with Crippen LogP contribution in [-0.2, 0) is 4.79 Å². The Labute approximate surface area is 169 Å². The van der Waals surface area contributed by atoms with E-state index in [-0.39, 0.29) is 22.9 Å². The van der Waals surface area contributed by atoms with E-state index in [0.717, 1.165) is 5.56 Å². The van der Waals surface area contributed by atoms with Crippen LogP contribution in [0, 0.1) is 6.92 Å². The number of hydrogen-bond donors (Lipinski definition) is 5. The molecule has 3 rings (SSSR count). The van der Waals surface area contributed by atoms with Crippen molar-refractivity contribution in [3.05, 3.63) is 79.9 Å². The Hall–Kier alpha value is -4.21. The fraction of sp³-hybridized carbons (Fsp3) is 0.150. The molecule has 3 amide bonds. The van der Waals surface area contributed by atoms with Crippen molar-refractivity contribution >= 4 is 28.5 Å². The van der Waals surface area contributed by atoms with E-state index in [1.54, 1.807) is 18.2 Å². The van der Waals surface area contributed by atoms with Crippen molar-refractivity contribution in [2.75, 3.05) is 6.54 Å². The fourth-order valence-electron chi connectivity index (χ4n) is 2.87. The first kappa shape index (κ1) is 20.5. The Morgan fingerprint density at radius 1 is 0.933 bits per heavy atom. The monoisotopic (exact) mass is 409 g/mol. The minimum Gasteiger partial charge on any atom is -0.368 e. The fourth-order valence-corrected chi connectivity index (χ4v) is 2.87. The molecule has 0 saturated heterocycles. The van der Waals surface area contributed by atoms with Crippen molar-refractivity contribution < 1.29 is 14.4 Å². The van der Waals surface area contributed by atoms with Crippen LogP contribution in [0.1, 0.15) is 26.3 Å². The van der Waals surface area contributed by atoms with Crippen molar-refractivity contribution in [2.45, 2.75) is 13.0 Å². The molecule has 2 aromatic carbocycles. The molecule has 3 aromatic rings. The van der Waals surface area contributed by atoms with Crippen molar-refractivity contribution in [3.63, 3.8) is 0 Å². The zero-order chi connectivity index (χ0) is 21.8. The number of H-pyrrole nitrogens is 2. The minimum atomic E-state index is -1.14. The number of nitrogens with one attached hydrogen (secondary N) is 4. The lowest BCUT2D eigenvalue weighted by Gasteiger charge is -2.16. The van der Waals surface area contributed by atoms with Gasteiger partial charge in [0.15, 0.2) is 0 Å². The van der Waals surface area contributed by atoms with Crippen LogP contribution in [0.25, 0.3) is 10.8 Å². The van der Waals surface area contributed by atoms with Crippen LogP contribution in [-0.4, -0.2) is 40.5 Å². The Morgan fingerprint density at radius 2 is 1.60 bits per heavy atom. The number of carbonyl (C=O) groups is 3. The first-order valence-corrected chi connectivity index (χ1v) is 8.96. The lowest BCUT2D eigenvalue weighted by atomic mass is 10.1. The summed E-state index contributed by atoms with van der Waals surface area (Å²) in [5.41, 5.74) is 5.62. The minimum absolute atomic E-state index is 0.0469. The van der Waals surface area contributed by atoms with E-state index in [9.17, 15) is 24.0 Å². The SMILES string of the molecule is Cc1cccc(C(=O)N[C@@H](CNC(=O)c2ccc3c(=O)[nH][nH]c(=O)c3c2)C(N)=O)c1. The van der Waals surface area contributed by atoms with Crippen LogP contribution in [0.2, 0.25) is 0 Å². The van der Waals surface area contributed by atoms with Gasteiger partial charge in [0.1, 0.15) is 6.04 Å². The number of aromatic amines is 2. The highest BCUT2D eigenvalue weighted by Crippen LogP contribution is 2.08. The standard InChI is InChI=1S/C20H19N5O5/c1-10-3-2-4-11(7-10)18(28)23-15(16(21)26)9-22-17(27)12-5-6-13-14(8-12)20(30)25-24-19(13)29/h2-8,15H,9H2,1H3,(H2,21,26)(H,22,27)(H,23,28)(H,24,29)(H,25,30)/t15-/m0/s1. The number of benzene rings is 2. The van der Waals surface area contributed by atoms with Crippen LogP contribution in [0.15, 0.2) is 52.1 Å². The highest BCUT2D eigenvalue weighted by Gasteiger charge is 2.20. The number of aryl methyl sites for hydroxylation is 1. The number of aromatic nitrogens is 2. The van der Waals surface area contributed by atoms with Crippen LogP contribution in [0.3, 0.4) is 0 Å². The molecule has 0 spiro atoms. The maximum absolute atomic E-state index is 12.4. The largest absolute Gasteiger partial charge is 0.368 e. The normalized spacial score (nSPS) is 11.6. The van der Waals surface area contributed by atoms with Crippen molar-refractivity contribution in [1.82, 2.24) is 20.8 Å². The number of rotatable bonds is 6. The zero-order valence-electron chi connectivity index (χ0n) is 15.9. The molecular weight excluding hydrogens is 390 g/mol. The Kier molecular flexibility index (Phi) is 5.77. The first-order valence-electron chi connectivity index (χ1n) is 8.96. The number of hydrogen-bond acceptors (Lipinski definition) is 5. The average molecular weight is 409 g/mol. The lowest BCUT2D eigenvalue weighted by molar-refractivity contribution is -0.119. The van der Waals surface area contributed by atoms with Crippen LogP contribution >= 0.6 is 0 Å². The molecule has 0 fully saturated rings. The summed E-state index contributed by atoms with van der Waals surface area (Å²) >= 11 is 0. The summed E-state index contributed by atoms with van der Waals surface area (Å²) in [5, 5.41) is 9.54. The first-order chi connectivity index (χ1) is 14.3. The zero-order valence-corrected chi connectivity index (χ0v) is 15.9. The highest BCUT2D eigenvalue weighted by atomic mass is 16.2. The van der Waals surface area contributed by atoms with E-state index in [2.05, 4.69) is 20.8 Å². The van der Waals surface area contributed by atoms with Gasteiger partial charge in [0.2, 0.25) is 5.91 Å². The van der Waals surface area contributed by atoms with E-state index < -0.39 is 34.9 Å². The molecule has 10 nitrogen and oxygen atoms in total. The van der Waals surface area contributed by atoms with Gasteiger partial charge in [-0.2, -0.15) is 0 Å². The van der Waals surface area contributed by atoms with Gasteiger partial charge in [-0.1, -0.05) is 17.7 Å². The Morgan fingerprint density at radius 3 is 2.27 bits per heavy atom. The Balaban J connectivity index is 1.72. The molecule has 1 aromatic heterocycles. The molecule has 6 N–H and O–H groups in total. The van der Waals surface area contributed by atoms with Gasteiger partial charge in [-0.05, 0) is 37.3 Å². The number of nitrogens with two attached hydrogens (primary N) is 1. The molecular formula is C20H19N5O5. The molecule has 1 atom stereocenters. The molecule has 0 aliphatic carbocycles. The second kappa shape index (κ2) is 8.43. The van der Waals surface area contributed by atoms with E-state index in [4.69, 9.17) is 5.73 Å². The third kappa shape index (κ3) is 4.43. The molecule has 1 heterocycles. The third-order valence-corrected chi connectivity index (χ3v) is 4.46. The quantitative estimate of drug-likeness (QED) is 0.371. The Bertz CT molecular complexity index is 1260. The number of amides is 3. The predicted molar refractivity (Wildman–Crippen MR) is 109 cm³/mol. The molecule has 154 valence electrons. The van der Waals surface area contributed by atoms with E-state index in [0.29, 0.717) is 5.56 Å². The van der Waals surface area contributed by atoms with Crippen molar-refractivity contribution in [1.29, 1.82) is 0 Å². The maximum Gasteiger partial charge on any atom is 0.270 e. The van der Waals surface area contributed by atoms with Crippen LogP contribution in [0.4, 0.5) is 0 Å². The molecule has 0 aliphatic rings. The molecule has 0 radical (unpaired) electrons. The molecule has 0 bridgehead atoms. The van der Waals surface area contributed by atoms with Gasteiger partial charge < -0.3 is 16.4 Å². The number of fused-ring (bicyclic) bond motifs is 1. The third-order valence-electron chi connectivity index (χ3n) is 4.46. The highest BCUT2D eigenvalue weighted by molar-refractivity contribution is 5.99. The summed E-state index contributed by atoms with van der Waals surface area (Å²) < 4.78 is 0. The summed E-state index contributed by atoms with van der Waals surface area (Å²) in [5.74, 6) is -1.93. The lowest BCUT2D eigenvalue weighted by Crippen LogP contribution is -2.51. The summed E-state index contributed by atoms with van der Waals surface area (Å²) in [4.78, 5) is 60.1. The van der Waals surface area contributed by atoms with Crippen molar-refractivity contribution in [2.24, 2.45) is 5.73 Å². The number of carbonyl (C=O) groups excluding carboxylic acids is 3. The summed E-state index contributed by atoms with van der Waals surface area (Å²) in [6.45, 7) is 1.57. The van der Waals surface area contributed by atoms with E-state index >= 15 is 0 Å². The molecule has 10 heteroatoms. The summed E-state index contributed by atoms with van der Waals surface area (Å²) in [6.07, 6.45) is 0. The van der Waals surface area contributed by atoms with Gasteiger partial charge >= 0.3 is 0 Å². The molecule has 0 unspecified atom stereocenters. The van der Waals surface area contributed by atoms with Gasteiger partial charge in [0, 0.05) is 17.7 Å². The van der Waals surface area contributed by atoms with Gasteiger partial charge in [0.05, 0.1) is 10.8 Å². The van der Waals surface area contributed by atoms with Crippen LogP contribution in [0.5, 0.6) is 0 Å². The van der Waals surface area contributed by atoms with E-state index in [1.165, 1.54) is 18.2 Å². The average Bonchev–Trinajstić information content (AvgIpc) is 2.73. The van der Waals surface area contributed by atoms with Crippen LogP contribution < -0.4 is 27.5 Å². The molecule has 0 saturated carbocycles. The van der Waals surface area contributed by atoms with Gasteiger partial charge in [-0.15, -0.1) is 0 Å². The van der Waals surface area contributed by atoms with Crippen molar-refractivity contribution in [3.8, 4) is 0 Å². The molecule has 0 aliphatic heterocycles. The smallest absolute Gasteiger partial charge is 0.270 e. The second-order valence-corrected chi connectivity index (χ2v) is 6.68. The van der Waals surface area contributed by atoms with Gasteiger partial charge in [-0.3, -0.25) is 34.2 Å². The summed E-state index contributed by atoms with van der Waals surface area (Å²) in [6, 6.07) is 9.62. The molecule has 30 heavy (non-hydrogen) atoms. The van der Waals surface area contributed by atoms with E-state index in [1.807, 2.05) is 13.0 Å².